The number of furan rings is 1. The van der Waals surface area contributed by atoms with Gasteiger partial charge in [0.1, 0.15) is 12.4 Å². The Balaban J connectivity index is 1.64. The second-order valence-corrected chi connectivity index (χ2v) is 7.46. The predicted octanol–water partition coefficient (Wildman–Crippen LogP) is 4.48. The SMILES string of the molecule is CN(C)CCOC(=O)c1ccc(NC(=O)c2ccc(-c3ccc([N+](=O)[O-])cc3Cl)o2)cc1. The molecule has 1 N–H and O–H groups in total. The summed E-state index contributed by atoms with van der Waals surface area (Å²) in [4.78, 5) is 36.7. The summed E-state index contributed by atoms with van der Waals surface area (Å²) >= 11 is 6.11. The molecular weight excluding hydrogens is 438 g/mol. The van der Waals surface area contributed by atoms with Gasteiger partial charge in [0.2, 0.25) is 0 Å². The van der Waals surface area contributed by atoms with Gasteiger partial charge in [0, 0.05) is 29.9 Å². The summed E-state index contributed by atoms with van der Waals surface area (Å²) in [6, 6.07) is 13.3. The molecular formula is C22H20ClN3O6. The fourth-order valence-corrected chi connectivity index (χ4v) is 2.98. The third-order valence-corrected chi connectivity index (χ3v) is 4.72. The molecule has 1 heterocycles. The number of nitrogens with zero attached hydrogens (tertiary/aromatic N) is 2. The smallest absolute Gasteiger partial charge is 0.338 e. The van der Waals surface area contributed by atoms with Gasteiger partial charge < -0.3 is 19.4 Å². The molecule has 0 unspecified atom stereocenters. The lowest BCUT2D eigenvalue weighted by molar-refractivity contribution is -0.384. The van der Waals surface area contributed by atoms with E-state index in [0.29, 0.717) is 29.1 Å². The number of esters is 1. The Morgan fingerprint density at radius 3 is 2.47 bits per heavy atom. The third kappa shape index (κ3) is 5.71. The molecule has 0 saturated carbocycles. The van der Waals surface area contributed by atoms with Crippen molar-refractivity contribution in [1.29, 1.82) is 0 Å². The summed E-state index contributed by atoms with van der Waals surface area (Å²) in [5.41, 5.74) is 1.11. The fraction of sp³-hybridized carbons (Fsp3) is 0.182. The van der Waals surface area contributed by atoms with Gasteiger partial charge in [0.25, 0.3) is 11.6 Å². The first-order valence-corrected chi connectivity index (χ1v) is 9.90. The second-order valence-electron chi connectivity index (χ2n) is 7.06. The van der Waals surface area contributed by atoms with Crippen LogP contribution in [0.15, 0.2) is 59.0 Å². The van der Waals surface area contributed by atoms with E-state index in [1.807, 2.05) is 19.0 Å². The topological polar surface area (TPSA) is 115 Å². The lowest BCUT2D eigenvalue weighted by atomic mass is 10.1. The van der Waals surface area contributed by atoms with Crippen molar-refractivity contribution < 1.29 is 23.7 Å². The average Bonchev–Trinajstić information content (AvgIpc) is 3.24. The summed E-state index contributed by atoms with van der Waals surface area (Å²) in [5.74, 6) is -0.622. The first-order chi connectivity index (χ1) is 15.2. The van der Waals surface area contributed by atoms with E-state index < -0.39 is 16.8 Å². The highest BCUT2D eigenvalue weighted by Gasteiger charge is 2.17. The number of anilines is 1. The van der Waals surface area contributed by atoms with Crippen LogP contribution in [-0.4, -0.2) is 48.9 Å². The van der Waals surface area contributed by atoms with E-state index >= 15 is 0 Å². The highest BCUT2D eigenvalue weighted by molar-refractivity contribution is 6.33. The lowest BCUT2D eigenvalue weighted by Crippen LogP contribution is -2.20. The highest BCUT2D eigenvalue weighted by Crippen LogP contribution is 2.32. The first kappa shape index (κ1) is 23.0. The Morgan fingerprint density at radius 1 is 1.12 bits per heavy atom. The molecule has 9 nitrogen and oxygen atoms in total. The van der Waals surface area contributed by atoms with E-state index in [1.165, 1.54) is 24.3 Å². The standard InChI is InChI=1S/C22H20ClN3O6/c1-25(2)11-12-31-22(28)14-3-5-15(6-4-14)24-21(27)20-10-9-19(32-20)17-8-7-16(26(29)30)13-18(17)23/h3-10,13H,11-12H2,1-2H3,(H,24,27). The highest BCUT2D eigenvalue weighted by atomic mass is 35.5. The normalized spacial score (nSPS) is 10.8. The number of likely N-dealkylation sites (N-methyl/N-ethyl adjacent to an activating group) is 1. The largest absolute Gasteiger partial charge is 0.461 e. The van der Waals surface area contributed by atoms with Gasteiger partial charge in [0.15, 0.2) is 5.76 Å². The molecule has 1 amide bonds. The average molecular weight is 458 g/mol. The lowest BCUT2D eigenvalue weighted by Gasteiger charge is -2.10. The molecule has 32 heavy (non-hydrogen) atoms. The predicted molar refractivity (Wildman–Crippen MR) is 119 cm³/mol. The molecule has 0 radical (unpaired) electrons. The van der Waals surface area contributed by atoms with Crippen molar-refractivity contribution in [3.05, 3.63) is 81.1 Å². The molecule has 0 bridgehead atoms. The molecule has 0 aliphatic rings. The second kappa shape index (κ2) is 10.1. The number of halogens is 1. The summed E-state index contributed by atoms with van der Waals surface area (Å²) in [7, 11) is 3.77. The maximum Gasteiger partial charge on any atom is 0.338 e. The first-order valence-electron chi connectivity index (χ1n) is 9.52. The molecule has 2 aromatic carbocycles. The molecule has 0 atom stereocenters. The number of carbonyl (C=O) groups excluding carboxylic acids is 2. The number of amides is 1. The van der Waals surface area contributed by atoms with Crippen LogP contribution < -0.4 is 5.32 Å². The van der Waals surface area contributed by atoms with Gasteiger partial charge in [-0.15, -0.1) is 0 Å². The number of nitrogens with one attached hydrogen (secondary N) is 1. The van der Waals surface area contributed by atoms with Crippen LogP contribution in [0.25, 0.3) is 11.3 Å². The number of non-ortho nitro benzene ring substituents is 1. The van der Waals surface area contributed by atoms with Crippen molar-refractivity contribution in [2.24, 2.45) is 0 Å². The Kier molecular flexibility index (Phi) is 7.24. The molecule has 3 aromatic rings. The van der Waals surface area contributed by atoms with E-state index in [-0.39, 0.29) is 23.1 Å². The quantitative estimate of drug-likeness (QED) is 0.301. The number of ether oxygens (including phenoxy) is 1. The summed E-state index contributed by atoms with van der Waals surface area (Å²) in [5, 5.41) is 13.6. The van der Waals surface area contributed by atoms with E-state index in [9.17, 15) is 19.7 Å². The van der Waals surface area contributed by atoms with Crippen molar-refractivity contribution in [3.8, 4) is 11.3 Å². The fourth-order valence-electron chi connectivity index (χ4n) is 2.71. The minimum Gasteiger partial charge on any atom is -0.461 e. The van der Waals surface area contributed by atoms with E-state index in [4.69, 9.17) is 20.8 Å². The van der Waals surface area contributed by atoms with Crippen LogP contribution in [0.2, 0.25) is 5.02 Å². The third-order valence-electron chi connectivity index (χ3n) is 4.41. The van der Waals surface area contributed by atoms with Crippen LogP contribution in [0.3, 0.4) is 0 Å². The number of nitro benzene ring substituents is 1. The van der Waals surface area contributed by atoms with Gasteiger partial charge in [-0.2, -0.15) is 0 Å². The maximum absolute atomic E-state index is 12.5. The van der Waals surface area contributed by atoms with Gasteiger partial charge >= 0.3 is 5.97 Å². The zero-order chi connectivity index (χ0) is 23.3. The Hall–Kier alpha value is -3.69. The molecule has 0 saturated heterocycles. The zero-order valence-corrected chi connectivity index (χ0v) is 18.1. The Bertz CT molecular complexity index is 1140. The number of rotatable bonds is 8. The molecule has 1 aromatic heterocycles. The van der Waals surface area contributed by atoms with Gasteiger partial charge in [0.05, 0.1) is 15.5 Å². The molecule has 0 aliphatic carbocycles. The number of carbonyl (C=O) groups is 2. The van der Waals surface area contributed by atoms with Crippen LogP contribution in [0, 0.1) is 10.1 Å². The molecule has 166 valence electrons. The van der Waals surface area contributed by atoms with Gasteiger partial charge in [-0.1, -0.05) is 11.6 Å². The van der Waals surface area contributed by atoms with Crippen molar-refractivity contribution in [1.82, 2.24) is 4.90 Å². The van der Waals surface area contributed by atoms with E-state index in [1.54, 1.807) is 30.3 Å². The molecule has 0 spiro atoms. The zero-order valence-electron chi connectivity index (χ0n) is 17.3. The molecule has 0 aliphatic heterocycles. The van der Waals surface area contributed by atoms with Crippen LogP contribution in [-0.2, 0) is 4.74 Å². The van der Waals surface area contributed by atoms with E-state index in [0.717, 1.165) is 0 Å². The molecule has 10 heteroatoms. The van der Waals surface area contributed by atoms with Crippen molar-refractivity contribution >= 4 is 34.9 Å². The van der Waals surface area contributed by atoms with Crippen LogP contribution in [0.4, 0.5) is 11.4 Å². The van der Waals surface area contributed by atoms with Crippen LogP contribution >= 0.6 is 11.6 Å². The summed E-state index contributed by atoms with van der Waals surface area (Å²) in [6.07, 6.45) is 0. The Morgan fingerprint density at radius 2 is 1.84 bits per heavy atom. The molecule has 3 rings (SSSR count). The van der Waals surface area contributed by atoms with Gasteiger partial charge in [-0.05, 0) is 56.6 Å². The van der Waals surface area contributed by atoms with Crippen molar-refractivity contribution in [2.45, 2.75) is 0 Å². The van der Waals surface area contributed by atoms with Gasteiger partial charge in [-0.3, -0.25) is 14.9 Å². The minimum absolute atomic E-state index is 0.0293. The van der Waals surface area contributed by atoms with Gasteiger partial charge in [-0.25, -0.2) is 4.79 Å². The van der Waals surface area contributed by atoms with E-state index in [2.05, 4.69) is 5.32 Å². The molecule has 0 fully saturated rings. The van der Waals surface area contributed by atoms with Crippen LogP contribution in [0.5, 0.6) is 0 Å². The Labute approximate surface area is 188 Å². The monoisotopic (exact) mass is 457 g/mol. The maximum atomic E-state index is 12.5. The number of benzene rings is 2. The summed E-state index contributed by atoms with van der Waals surface area (Å²) in [6.45, 7) is 0.903. The number of hydrogen-bond donors (Lipinski definition) is 1. The minimum atomic E-state index is -0.550. The summed E-state index contributed by atoms with van der Waals surface area (Å²) < 4.78 is 10.7. The number of hydrogen-bond acceptors (Lipinski definition) is 7. The van der Waals surface area contributed by atoms with Crippen molar-refractivity contribution in [2.75, 3.05) is 32.6 Å². The van der Waals surface area contributed by atoms with Crippen LogP contribution in [0.1, 0.15) is 20.9 Å². The van der Waals surface area contributed by atoms with Crippen molar-refractivity contribution in [3.63, 3.8) is 0 Å². The number of nitro groups is 1.